The number of aliphatic hydroxyl groups excluding tert-OH is 1. The Labute approximate surface area is 93.4 Å². The van der Waals surface area contributed by atoms with E-state index in [2.05, 4.69) is 0 Å². The van der Waals surface area contributed by atoms with Gasteiger partial charge in [-0.2, -0.15) is 5.26 Å². The molecule has 0 fully saturated rings. The number of ether oxygens (including phenoxy) is 1. The first-order valence-corrected chi connectivity index (χ1v) is 4.70. The van der Waals surface area contributed by atoms with Gasteiger partial charge in [0.1, 0.15) is 6.61 Å². The predicted molar refractivity (Wildman–Crippen MR) is 57.5 cm³/mol. The summed E-state index contributed by atoms with van der Waals surface area (Å²) >= 11 is 0. The summed E-state index contributed by atoms with van der Waals surface area (Å²) in [6, 6.07) is 10.3. The van der Waals surface area contributed by atoms with Crippen molar-refractivity contribution in [3.05, 3.63) is 47.5 Å². The molecule has 0 heterocycles. The fourth-order valence-corrected chi connectivity index (χ4v) is 1.02. The molecule has 16 heavy (non-hydrogen) atoms. The number of carbonyl (C=O) groups is 1. The van der Waals surface area contributed by atoms with E-state index >= 15 is 0 Å². The Morgan fingerprint density at radius 3 is 2.69 bits per heavy atom. The van der Waals surface area contributed by atoms with Crippen LogP contribution in [0.4, 0.5) is 0 Å². The van der Waals surface area contributed by atoms with E-state index in [1.165, 1.54) is 6.08 Å². The second-order valence-electron chi connectivity index (χ2n) is 2.96. The lowest BCUT2D eigenvalue weighted by Crippen LogP contribution is -2.05. The highest BCUT2D eigenvalue weighted by Crippen LogP contribution is 2.01. The lowest BCUT2D eigenvalue weighted by atomic mass is 10.2. The van der Waals surface area contributed by atoms with Crippen LogP contribution in [-0.4, -0.2) is 24.3 Å². The molecule has 1 N–H and O–H groups in total. The molecule has 0 atom stereocenters. The quantitative estimate of drug-likeness (QED) is 0.609. The van der Waals surface area contributed by atoms with Crippen LogP contribution in [0.1, 0.15) is 10.4 Å². The van der Waals surface area contributed by atoms with Crippen LogP contribution >= 0.6 is 0 Å². The van der Waals surface area contributed by atoms with Gasteiger partial charge in [-0.05, 0) is 18.2 Å². The van der Waals surface area contributed by atoms with Gasteiger partial charge in [-0.25, -0.2) is 4.79 Å². The molecule has 0 aliphatic carbocycles. The maximum Gasteiger partial charge on any atom is 0.338 e. The summed E-state index contributed by atoms with van der Waals surface area (Å²) in [4.78, 5) is 11.4. The number of carbonyl (C=O) groups excluding carboxylic acids is 1. The Hall–Kier alpha value is -2.12. The first kappa shape index (κ1) is 12.0. The Morgan fingerprint density at radius 1 is 1.44 bits per heavy atom. The smallest absolute Gasteiger partial charge is 0.338 e. The molecule has 0 amide bonds. The van der Waals surface area contributed by atoms with E-state index in [0.29, 0.717) is 5.56 Å². The predicted octanol–water partition coefficient (Wildman–Crippen LogP) is 1.29. The molecular weight excluding hydrogens is 206 g/mol. The minimum Gasteiger partial charge on any atom is -0.458 e. The Bertz CT molecular complexity index is 418. The van der Waals surface area contributed by atoms with E-state index in [4.69, 9.17) is 15.1 Å². The minimum atomic E-state index is -0.452. The van der Waals surface area contributed by atoms with E-state index in [-0.39, 0.29) is 18.8 Å². The van der Waals surface area contributed by atoms with Crippen molar-refractivity contribution in [3.8, 4) is 6.07 Å². The molecule has 0 aliphatic heterocycles. The molecule has 1 aromatic carbocycles. The van der Waals surface area contributed by atoms with Crippen molar-refractivity contribution in [1.82, 2.24) is 0 Å². The van der Waals surface area contributed by atoms with Crippen molar-refractivity contribution in [2.45, 2.75) is 0 Å². The fraction of sp³-hybridized carbons (Fsp3) is 0.167. The number of rotatable bonds is 4. The van der Waals surface area contributed by atoms with Gasteiger partial charge < -0.3 is 9.84 Å². The summed E-state index contributed by atoms with van der Waals surface area (Å²) in [7, 11) is 0. The van der Waals surface area contributed by atoms with Gasteiger partial charge in [0.05, 0.1) is 23.8 Å². The molecule has 1 rings (SSSR count). The summed E-state index contributed by atoms with van der Waals surface area (Å²) in [5.41, 5.74) is 0.638. The molecule has 0 saturated heterocycles. The largest absolute Gasteiger partial charge is 0.458 e. The summed E-state index contributed by atoms with van der Waals surface area (Å²) < 4.78 is 4.88. The van der Waals surface area contributed by atoms with E-state index in [1.54, 1.807) is 36.4 Å². The number of hydrogen-bond donors (Lipinski definition) is 1. The monoisotopic (exact) mass is 217 g/mol. The fourth-order valence-electron chi connectivity index (χ4n) is 1.02. The van der Waals surface area contributed by atoms with Crippen LogP contribution in [0.5, 0.6) is 0 Å². The van der Waals surface area contributed by atoms with E-state index < -0.39 is 5.97 Å². The van der Waals surface area contributed by atoms with Crippen LogP contribution < -0.4 is 0 Å². The lowest BCUT2D eigenvalue weighted by molar-refractivity contribution is 0.0548. The number of hydrogen-bond acceptors (Lipinski definition) is 4. The highest BCUT2D eigenvalue weighted by atomic mass is 16.5. The zero-order chi connectivity index (χ0) is 11.8. The van der Waals surface area contributed by atoms with Crippen LogP contribution in [0, 0.1) is 11.3 Å². The van der Waals surface area contributed by atoms with Crippen LogP contribution in [0.15, 0.2) is 42.0 Å². The second kappa shape index (κ2) is 6.38. The summed E-state index contributed by atoms with van der Waals surface area (Å²) in [5, 5.41) is 17.2. The van der Waals surface area contributed by atoms with E-state index in [0.717, 1.165) is 0 Å². The Morgan fingerprint density at radius 2 is 2.12 bits per heavy atom. The van der Waals surface area contributed by atoms with Crippen LogP contribution in [0.25, 0.3) is 0 Å². The highest BCUT2D eigenvalue weighted by Gasteiger charge is 2.04. The second-order valence-corrected chi connectivity index (χ2v) is 2.96. The maximum atomic E-state index is 11.4. The highest BCUT2D eigenvalue weighted by molar-refractivity contribution is 5.89. The molecule has 0 unspecified atom stereocenters. The molecule has 0 aliphatic rings. The third-order valence-electron chi connectivity index (χ3n) is 1.87. The first-order chi connectivity index (χ1) is 7.77. The Balaban J connectivity index is 2.49. The number of aliphatic hydroxyl groups is 1. The molecule has 0 aromatic heterocycles. The SMILES string of the molecule is N#C/C(=C\COC(=O)c1ccccc1)CO. The van der Waals surface area contributed by atoms with E-state index in [1.807, 2.05) is 0 Å². The first-order valence-electron chi connectivity index (χ1n) is 4.70. The summed E-state index contributed by atoms with van der Waals surface area (Å²) in [6.45, 7) is -0.365. The van der Waals surface area contributed by atoms with Gasteiger partial charge in [0.15, 0.2) is 0 Å². The van der Waals surface area contributed by atoms with Gasteiger partial charge in [-0.1, -0.05) is 18.2 Å². The molecule has 0 spiro atoms. The number of nitriles is 1. The van der Waals surface area contributed by atoms with Crippen molar-refractivity contribution >= 4 is 5.97 Å². The molecule has 82 valence electrons. The maximum absolute atomic E-state index is 11.4. The number of esters is 1. The van der Waals surface area contributed by atoms with Crippen molar-refractivity contribution in [3.63, 3.8) is 0 Å². The van der Waals surface area contributed by atoms with Crippen LogP contribution in [-0.2, 0) is 4.74 Å². The average Bonchev–Trinajstić information content (AvgIpc) is 2.35. The van der Waals surface area contributed by atoms with Crippen molar-refractivity contribution < 1.29 is 14.6 Å². The van der Waals surface area contributed by atoms with Crippen LogP contribution in [0.3, 0.4) is 0 Å². The molecular formula is C12H11NO3. The topological polar surface area (TPSA) is 70.3 Å². The molecule has 0 radical (unpaired) electrons. The number of benzene rings is 1. The van der Waals surface area contributed by atoms with Gasteiger partial charge in [0, 0.05) is 0 Å². The average molecular weight is 217 g/mol. The number of nitrogens with zero attached hydrogens (tertiary/aromatic N) is 1. The third kappa shape index (κ3) is 3.56. The summed E-state index contributed by atoms with van der Waals surface area (Å²) in [5.74, 6) is -0.452. The van der Waals surface area contributed by atoms with Crippen molar-refractivity contribution in [1.29, 1.82) is 5.26 Å². The van der Waals surface area contributed by atoms with Crippen molar-refractivity contribution in [2.24, 2.45) is 0 Å². The third-order valence-corrected chi connectivity index (χ3v) is 1.87. The van der Waals surface area contributed by atoms with Gasteiger partial charge in [0.25, 0.3) is 0 Å². The Kier molecular flexibility index (Phi) is 4.77. The molecule has 1 aromatic rings. The lowest BCUT2D eigenvalue weighted by Gasteiger charge is -2.01. The van der Waals surface area contributed by atoms with Gasteiger partial charge in [-0.3, -0.25) is 0 Å². The minimum absolute atomic E-state index is 0.0167. The zero-order valence-electron chi connectivity index (χ0n) is 8.59. The molecule has 0 bridgehead atoms. The molecule has 4 nitrogen and oxygen atoms in total. The molecule has 4 heteroatoms. The van der Waals surface area contributed by atoms with Gasteiger partial charge in [-0.15, -0.1) is 0 Å². The van der Waals surface area contributed by atoms with Gasteiger partial charge >= 0.3 is 5.97 Å². The summed E-state index contributed by atoms with van der Waals surface area (Å²) in [6.07, 6.45) is 1.38. The van der Waals surface area contributed by atoms with Gasteiger partial charge in [0.2, 0.25) is 0 Å². The van der Waals surface area contributed by atoms with E-state index in [9.17, 15) is 4.79 Å². The standard InChI is InChI=1S/C12H11NO3/c13-8-10(9-14)6-7-16-12(15)11-4-2-1-3-5-11/h1-6,14H,7,9H2/b10-6+. The zero-order valence-corrected chi connectivity index (χ0v) is 8.59. The van der Waals surface area contributed by atoms with Crippen molar-refractivity contribution in [2.75, 3.05) is 13.2 Å². The van der Waals surface area contributed by atoms with Crippen LogP contribution in [0.2, 0.25) is 0 Å². The molecule has 0 saturated carbocycles. The normalized spacial score (nSPS) is 10.6.